The lowest BCUT2D eigenvalue weighted by atomic mass is 9.88. The number of fused-ring (bicyclic) bond motifs is 5. The Hall–Kier alpha value is -2.39. The van der Waals surface area contributed by atoms with Gasteiger partial charge in [-0.15, -0.1) is 0 Å². The molecule has 0 unspecified atom stereocenters. The highest BCUT2D eigenvalue weighted by Gasteiger charge is 2.71. The number of phenols is 1. The number of methoxy groups -OCH3 is 2. The number of nitrogens with zero attached hydrogens (tertiary/aromatic N) is 1. The van der Waals surface area contributed by atoms with E-state index in [1.54, 1.807) is 14.0 Å². The van der Waals surface area contributed by atoms with E-state index in [9.17, 15) is 15.0 Å². The van der Waals surface area contributed by atoms with Crippen LogP contribution in [0, 0.1) is 6.92 Å². The lowest BCUT2D eigenvalue weighted by Gasteiger charge is -2.38. The highest BCUT2D eigenvalue weighted by atomic mass is 16.6. The molecule has 3 aliphatic rings. The predicted molar refractivity (Wildman–Crippen MR) is 85.6 cm³/mol. The van der Waals surface area contributed by atoms with Crippen LogP contribution in [0.1, 0.15) is 17.0 Å². The molecule has 2 fully saturated rings. The Morgan fingerprint density at radius 2 is 2.20 bits per heavy atom. The molecule has 1 amide bonds. The first-order chi connectivity index (χ1) is 11.9. The summed E-state index contributed by atoms with van der Waals surface area (Å²) in [7, 11) is 2.93. The van der Waals surface area contributed by atoms with Crippen molar-refractivity contribution < 1.29 is 29.2 Å². The quantitative estimate of drug-likeness (QED) is 0.674. The van der Waals surface area contributed by atoms with Crippen molar-refractivity contribution in [3.8, 4) is 17.2 Å². The lowest BCUT2D eigenvalue weighted by Crippen LogP contribution is -2.54. The Morgan fingerprint density at radius 1 is 1.48 bits per heavy atom. The minimum atomic E-state index is -0.930. The zero-order valence-corrected chi connectivity index (χ0v) is 14.2. The van der Waals surface area contributed by atoms with Gasteiger partial charge in [-0.25, -0.2) is 4.79 Å². The molecule has 3 aliphatic heterocycles. The number of nitrogens with two attached hydrogens (primary N) is 1. The van der Waals surface area contributed by atoms with E-state index in [-0.39, 0.29) is 35.9 Å². The summed E-state index contributed by atoms with van der Waals surface area (Å²) in [5.74, 6) is -0.879. The largest absolute Gasteiger partial charge is 0.505 e. The number of phenolic OH excluding ortho intramolecular Hbond substituents is 1. The molecular weight excluding hydrogens is 330 g/mol. The van der Waals surface area contributed by atoms with Crippen LogP contribution in [0.25, 0.3) is 0 Å². The molecule has 4 atom stereocenters. The van der Waals surface area contributed by atoms with Crippen LogP contribution in [-0.2, 0) is 14.6 Å². The summed E-state index contributed by atoms with van der Waals surface area (Å²) >= 11 is 0. The molecule has 135 valence electrons. The second-order valence-electron chi connectivity index (χ2n) is 6.60. The maximum absolute atomic E-state index is 13.0. The van der Waals surface area contributed by atoms with E-state index < -0.39 is 17.7 Å². The number of hydrogen-bond donors (Lipinski definition) is 3. The van der Waals surface area contributed by atoms with Gasteiger partial charge in [0.15, 0.2) is 11.5 Å². The van der Waals surface area contributed by atoms with Crippen molar-refractivity contribution in [3.05, 3.63) is 11.1 Å². The van der Waals surface area contributed by atoms with Crippen LogP contribution in [0.2, 0.25) is 0 Å². The molecule has 1 radical (unpaired) electrons. The molecule has 25 heavy (non-hydrogen) atoms. The van der Waals surface area contributed by atoms with Gasteiger partial charge >= 0.3 is 6.09 Å². The number of ether oxygens (including phenoxy) is 3. The lowest BCUT2D eigenvalue weighted by molar-refractivity contribution is -0.0339. The number of carbonyl (C=O) groups is 1. The SMILES string of the molecule is COc1c(C)c(O)c2c(c1[O])[C@@H](COC(N)=O)[C@@]1(OC)[C@H]3N[C@H]3CN21. The summed E-state index contributed by atoms with van der Waals surface area (Å²) < 4.78 is 16.1. The van der Waals surface area contributed by atoms with Crippen LogP contribution in [0.5, 0.6) is 17.2 Å². The summed E-state index contributed by atoms with van der Waals surface area (Å²) in [5.41, 5.74) is 5.34. The first kappa shape index (κ1) is 16.1. The number of benzene rings is 1. The van der Waals surface area contributed by atoms with Crippen molar-refractivity contribution in [1.29, 1.82) is 0 Å². The number of hydrogen-bond acceptors (Lipinski definition) is 7. The first-order valence-corrected chi connectivity index (χ1v) is 7.99. The molecular formula is C16H20N3O6. The van der Waals surface area contributed by atoms with Gasteiger partial charge in [0.1, 0.15) is 12.4 Å². The van der Waals surface area contributed by atoms with Gasteiger partial charge in [0.2, 0.25) is 5.75 Å². The van der Waals surface area contributed by atoms with Gasteiger partial charge < -0.3 is 35.3 Å². The number of amides is 1. The van der Waals surface area contributed by atoms with Crippen LogP contribution in [0.15, 0.2) is 0 Å². The molecule has 0 spiro atoms. The minimum Gasteiger partial charge on any atom is -0.505 e. The molecule has 0 saturated carbocycles. The topological polar surface area (TPSA) is 136 Å². The van der Waals surface area contributed by atoms with E-state index in [0.29, 0.717) is 23.4 Å². The zero-order chi connectivity index (χ0) is 18.1. The summed E-state index contributed by atoms with van der Waals surface area (Å²) in [4.78, 5) is 13.0. The third-order valence-electron chi connectivity index (χ3n) is 5.60. The van der Waals surface area contributed by atoms with Crippen molar-refractivity contribution in [1.82, 2.24) is 5.32 Å². The Labute approximate surface area is 144 Å². The molecule has 1 aromatic rings. The number of primary amides is 1. The van der Waals surface area contributed by atoms with Crippen molar-refractivity contribution >= 4 is 11.8 Å². The Kier molecular flexibility index (Phi) is 3.26. The first-order valence-electron chi connectivity index (χ1n) is 7.99. The zero-order valence-electron chi connectivity index (χ0n) is 14.2. The van der Waals surface area contributed by atoms with Crippen molar-refractivity contribution in [3.63, 3.8) is 0 Å². The molecule has 4 rings (SSSR count). The average molecular weight is 350 g/mol. The fraction of sp³-hybridized carbons (Fsp3) is 0.562. The maximum atomic E-state index is 13.0. The van der Waals surface area contributed by atoms with E-state index in [4.69, 9.17) is 19.9 Å². The van der Waals surface area contributed by atoms with Gasteiger partial charge in [0.05, 0.1) is 24.8 Å². The normalized spacial score (nSPS) is 31.3. The third kappa shape index (κ3) is 1.82. The van der Waals surface area contributed by atoms with Crippen LogP contribution >= 0.6 is 0 Å². The average Bonchev–Trinajstić information content (AvgIpc) is 3.18. The van der Waals surface area contributed by atoms with Crippen LogP contribution in [0.3, 0.4) is 0 Å². The molecule has 0 aliphatic carbocycles. The molecule has 0 aromatic heterocycles. The monoisotopic (exact) mass is 350 g/mol. The number of piperazine rings is 1. The van der Waals surface area contributed by atoms with E-state index in [2.05, 4.69) is 5.32 Å². The highest BCUT2D eigenvalue weighted by Crippen LogP contribution is 2.64. The standard InChI is InChI=1S/C16H20N3O6/c1-6-11(20)10-9(12(21)13(6)23-2)7(5-25-15(17)22)16(24-3)14-8(18-14)4-19(10)16/h7-8,14,18,20H,4-5H2,1-3H3,(H2,17,22)/t7-,8+,14+,16-/m1/s1. The molecule has 2 saturated heterocycles. The number of aromatic hydroxyl groups is 1. The minimum absolute atomic E-state index is 0.0178. The summed E-state index contributed by atoms with van der Waals surface area (Å²) in [6.45, 7) is 2.09. The fourth-order valence-corrected chi connectivity index (χ4v) is 4.53. The van der Waals surface area contributed by atoms with Gasteiger partial charge in [0, 0.05) is 30.8 Å². The van der Waals surface area contributed by atoms with Crippen molar-refractivity contribution in [2.45, 2.75) is 30.7 Å². The van der Waals surface area contributed by atoms with E-state index in [1.165, 1.54) is 7.11 Å². The molecule has 0 bridgehead atoms. The van der Waals surface area contributed by atoms with Crippen LogP contribution in [-0.4, -0.2) is 56.4 Å². The Balaban J connectivity index is 1.93. The highest BCUT2D eigenvalue weighted by molar-refractivity contribution is 5.82. The number of rotatable bonds is 4. The van der Waals surface area contributed by atoms with E-state index in [0.717, 1.165) is 0 Å². The van der Waals surface area contributed by atoms with Crippen molar-refractivity contribution in [2.24, 2.45) is 5.73 Å². The summed E-state index contributed by atoms with van der Waals surface area (Å²) in [6.07, 6.45) is -0.930. The smallest absolute Gasteiger partial charge is 0.404 e. The van der Waals surface area contributed by atoms with Gasteiger partial charge in [-0.05, 0) is 6.92 Å². The van der Waals surface area contributed by atoms with Gasteiger partial charge in [-0.1, -0.05) is 0 Å². The molecule has 3 heterocycles. The second kappa shape index (κ2) is 5.06. The second-order valence-corrected chi connectivity index (χ2v) is 6.60. The van der Waals surface area contributed by atoms with E-state index in [1.807, 2.05) is 4.90 Å². The predicted octanol–water partition coefficient (Wildman–Crippen LogP) is 0.549. The number of nitrogens with one attached hydrogen (secondary N) is 1. The van der Waals surface area contributed by atoms with E-state index >= 15 is 0 Å². The van der Waals surface area contributed by atoms with Crippen LogP contribution < -0.4 is 20.7 Å². The Morgan fingerprint density at radius 3 is 2.80 bits per heavy atom. The van der Waals surface area contributed by atoms with Gasteiger partial charge in [-0.2, -0.15) is 0 Å². The Bertz CT molecular complexity index is 769. The summed E-state index contributed by atoms with van der Waals surface area (Å²) in [6, 6.07) is 0.164. The molecule has 1 aromatic carbocycles. The summed E-state index contributed by atoms with van der Waals surface area (Å²) in [5, 5.41) is 27.1. The molecule has 9 heteroatoms. The van der Waals surface area contributed by atoms with Crippen LogP contribution in [0.4, 0.5) is 10.5 Å². The molecule has 9 nitrogen and oxygen atoms in total. The maximum Gasteiger partial charge on any atom is 0.404 e. The number of anilines is 1. The van der Waals surface area contributed by atoms with Gasteiger partial charge in [0.25, 0.3) is 0 Å². The van der Waals surface area contributed by atoms with Crippen molar-refractivity contribution in [2.75, 3.05) is 32.3 Å². The fourth-order valence-electron chi connectivity index (χ4n) is 4.53. The third-order valence-corrected chi connectivity index (χ3v) is 5.60. The van der Waals surface area contributed by atoms with Gasteiger partial charge in [-0.3, -0.25) is 5.11 Å². The number of carbonyl (C=O) groups excluding carboxylic acids is 1. The molecule has 4 N–H and O–H groups in total.